The summed E-state index contributed by atoms with van der Waals surface area (Å²) in [5, 5.41) is 4.24. The molecule has 3 aromatic rings. The minimum atomic E-state index is -4.13. The number of rotatable bonds is 6. The molecule has 6 nitrogen and oxygen atoms in total. The zero-order valence-corrected chi connectivity index (χ0v) is 17.3. The number of thiophene rings is 1. The van der Waals surface area contributed by atoms with Gasteiger partial charge >= 0.3 is 0 Å². The zero-order chi connectivity index (χ0) is 19.6. The molecular formula is C17H15Cl2N3O3S2. The molecule has 0 spiro atoms. The molecule has 0 aliphatic carbocycles. The molecule has 0 bridgehead atoms. The Morgan fingerprint density at radius 1 is 1.26 bits per heavy atom. The predicted molar refractivity (Wildman–Crippen MR) is 106 cm³/mol. The van der Waals surface area contributed by atoms with Crippen LogP contribution in [0.1, 0.15) is 28.5 Å². The van der Waals surface area contributed by atoms with E-state index in [1.54, 1.807) is 4.68 Å². The van der Waals surface area contributed by atoms with E-state index in [1.165, 1.54) is 12.3 Å². The van der Waals surface area contributed by atoms with Crippen LogP contribution in [-0.2, 0) is 23.0 Å². The highest BCUT2D eigenvalue weighted by molar-refractivity contribution is 7.90. The second kappa shape index (κ2) is 8.02. The van der Waals surface area contributed by atoms with Crippen LogP contribution in [0.15, 0.2) is 47.5 Å². The summed E-state index contributed by atoms with van der Waals surface area (Å²) >= 11 is 12.6. The van der Waals surface area contributed by atoms with E-state index in [4.69, 9.17) is 23.2 Å². The summed E-state index contributed by atoms with van der Waals surface area (Å²) in [6, 6.07) is 10.9. The van der Waals surface area contributed by atoms with E-state index < -0.39 is 15.9 Å². The number of benzene rings is 1. The average Bonchev–Trinajstić information content (AvgIpc) is 3.18. The Balaban J connectivity index is 1.86. The van der Waals surface area contributed by atoms with Crippen LogP contribution in [0, 0.1) is 0 Å². The van der Waals surface area contributed by atoms with Gasteiger partial charge in [0.25, 0.3) is 15.9 Å². The molecule has 0 aliphatic heterocycles. The van der Waals surface area contributed by atoms with Gasteiger partial charge in [-0.15, -0.1) is 11.3 Å². The van der Waals surface area contributed by atoms with Crippen molar-refractivity contribution in [3.8, 4) is 0 Å². The van der Waals surface area contributed by atoms with Gasteiger partial charge in [-0.3, -0.25) is 9.48 Å². The van der Waals surface area contributed by atoms with Crippen molar-refractivity contribution in [2.75, 3.05) is 0 Å². The Morgan fingerprint density at radius 2 is 1.96 bits per heavy atom. The van der Waals surface area contributed by atoms with Gasteiger partial charge in [0.2, 0.25) is 0 Å². The number of halogens is 2. The van der Waals surface area contributed by atoms with E-state index in [-0.39, 0.29) is 19.1 Å². The van der Waals surface area contributed by atoms with Crippen molar-refractivity contribution >= 4 is 50.5 Å². The quantitative estimate of drug-likeness (QED) is 0.624. The van der Waals surface area contributed by atoms with E-state index in [0.29, 0.717) is 18.7 Å². The first-order valence-electron chi connectivity index (χ1n) is 7.92. The summed E-state index contributed by atoms with van der Waals surface area (Å²) in [6.45, 7) is 2.36. The number of hydrogen-bond donors (Lipinski definition) is 1. The molecule has 0 saturated heterocycles. The number of carbonyl (C=O) groups excluding carboxylic acids is 1. The lowest BCUT2D eigenvalue weighted by Crippen LogP contribution is -2.31. The van der Waals surface area contributed by atoms with Crippen LogP contribution in [0.3, 0.4) is 0 Å². The third-order valence-electron chi connectivity index (χ3n) is 3.85. The van der Waals surface area contributed by atoms with Crippen molar-refractivity contribution in [2.24, 2.45) is 0 Å². The third-order valence-corrected chi connectivity index (χ3v) is 6.93. The fourth-order valence-electron chi connectivity index (χ4n) is 2.61. The smallest absolute Gasteiger partial charge is 0.268 e. The molecule has 2 aromatic heterocycles. The first kappa shape index (κ1) is 19.9. The molecular weight excluding hydrogens is 429 g/mol. The summed E-state index contributed by atoms with van der Waals surface area (Å²) in [6.07, 6.45) is 1.88. The molecule has 10 heteroatoms. The van der Waals surface area contributed by atoms with Crippen molar-refractivity contribution in [3.05, 3.63) is 68.1 Å². The topological polar surface area (TPSA) is 81.1 Å². The van der Waals surface area contributed by atoms with Crippen molar-refractivity contribution in [1.29, 1.82) is 0 Å². The number of carbonyl (C=O) groups is 1. The second-order valence-electron chi connectivity index (χ2n) is 5.62. The minimum absolute atomic E-state index is 0.00390. The van der Waals surface area contributed by atoms with Gasteiger partial charge in [0.15, 0.2) is 0 Å². The number of amides is 1. The average molecular weight is 444 g/mol. The molecule has 0 unspecified atom stereocenters. The Labute approximate surface area is 170 Å². The molecule has 142 valence electrons. The fraction of sp³-hybridized carbons (Fsp3) is 0.176. The van der Waals surface area contributed by atoms with Crippen LogP contribution in [0.25, 0.3) is 0 Å². The first-order valence-corrected chi connectivity index (χ1v) is 11.0. The number of nitrogens with zero attached hydrogens (tertiary/aromatic N) is 2. The van der Waals surface area contributed by atoms with Crippen LogP contribution in [0.2, 0.25) is 8.67 Å². The lowest BCUT2D eigenvalue weighted by Gasteiger charge is -2.09. The van der Waals surface area contributed by atoms with E-state index >= 15 is 0 Å². The van der Waals surface area contributed by atoms with E-state index in [0.717, 1.165) is 16.9 Å². The van der Waals surface area contributed by atoms with Crippen molar-refractivity contribution in [3.63, 3.8) is 0 Å². The molecule has 0 saturated carbocycles. The minimum Gasteiger partial charge on any atom is -0.268 e. The largest absolute Gasteiger partial charge is 0.268 e. The molecule has 27 heavy (non-hydrogen) atoms. The van der Waals surface area contributed by atoms with E-state index in [9.17, 15) is 13.2 Å². The highest BCUT2D eigenvalue weighted by Gasteiger charge is 2.26. The molecule has 1 amide bonds. The highest BCUT2D eigenvalue weighted by atomic mass is 35.5. The molecule has 0 aliphatic rings. The van der Waals surface area contributed by atoms with Crippen LogP contribution in [0.5, 0.6) is 0 Å². The number of nitrogens with one attached hydrogen (secondary N) is 1. The SMILES string of the molecule is CCc1c(C(=O)NS(=O)(=O)c2cc(Cl)sc2Cl)cnn1Cc1ccccc1. The maximum atomic E-state index is 12.6. The Hall–Kier alpha value is -1.87. The standard InChI is InChI=1S/C17H15Cl2N3O3S2/c1-2-13-12(9-20-22(13)10-11-6-4-3-5-7-11)17(23)21-27(24,25)14-8-15(18)26-16(14)19/h3-9H,2,10H2,1H3,(H,21,23). The zero-order valence-electron chi connectivity index (χ0n) is 14.1. The molecule has 0 radical (unpaired) electrons. The maximum absolute atomic E-state index is 12.6. The van der Waals surface area contributed by atoms with Gasteiger partial charge < -0.3 is 0 Å². The molecule has 3 rings (SSSR count). The summed E-state index contributed by atoms with van der Waals surface area (Å²) in [5.41, 5.74) is 1.87. The molecule has 1 aromatic carbocycles. The van der Waals surface area contributed by atoms with E-state index in [2.05, 4.69) is 5.10 Å². The second-order valence-corrected chi connectivity index (χ2v) is 9.56. The van der Waals surface area contributed by atoms with Crippen molar-refractivity contribution in [1.82, 2.24) is 14.5 Å². The Morgan fingerprint density at radius 3 is 2.56 bits per heavy atom. The van der Waals surface area contributed by atoms with Gasteiger partial charge in [0, 0.05) is 0 Å². The van der Waals surface area contributed by atoms with Gasteiger partial charge in [-0.2, -0.15) is 5.10 Å². The molecule has 1 N–H and O–H groups in total. The number of hydrogen-bond acceptors (Lipinski definition) is 5. The van der Waals surface area contributed by atoms with Crippen LogP contribution >= 0.6 is 34.5 Å². The molecule has 0 fully saturated rings. The summed E-state index contributed by atoms with van der Waals surface area (Å²) < 4.78 is 28.8. The fourth-order valence-corrected chi connectivity index (χ4v) is 5.72. The summed E-state index contributed by atoms with van der Waals surface area (Å²) in [7, 11) is -4.13. The van der Waals surface area contributed by atoms with Crippen LogP contribution < -0.4 is 4.72 Å². The maximum Gasteiger partial charge on any atom is 0.268 e. The van der Waals surface area contributed by atoms with Gasteiger partial charge in [0.05, 0.1) is 28.3 Å². The first-order chi connectivity index (χ1) is 12.8. The van der Waals surface area contributed by atoms with Crippen LogP contribution in [0.4, 0.5) is 0 Å². The van der Waals surface area contributed by atoms with Gasteiger partial charge in [-0.05, 0) is 18.1 Å². The van der Waals surface area contributed by atoms with Crippen molar-refractivity contribution in [2.45, 2.75) is 24.8 Å². The lowest BCUT2D eigenvalue weighted by atomic mass is 10.2. The van der Waals surface area contributed by atoms with Crippen LogP contribution in [-0.4, -0.2) is 24.1 Å². The lowest BCUT2D eigenvalue weighted by molar-refractivity contribution is 0.0980. The Kier molecular flexibility index (Phi) is 5.90. The van der Waals surface area contributed by atoms with Gasteiger partial charge in [-0.1, -0.05) is 60.5 Å². The number of aromatic nitrogens is 2. The summed E-state index contributed by atoms with van der Waals surface area (Å²) in [4.78, 5) is 12.4. The van der Waals surface area contributed by atoms with Gasteiger partial charge in [0.1, 0.15) is 9.23 Å². The highest BCUT2D eigenvalue weighted by Crippen LogP contribution is 2.34. The number of sulfonamides is 1. The third kappa shape index (κ3) is 4.35. The van der Waals surface area contributed by atoms with Gasteiger partial charge in [-0.25, -0.2) is 13.1 Å². The molecule has 2 heterocycles. The summed E-state index contributed by atoms with van der Waals surface area (Å²) in [5.74, 6) is -0.760. The Bertz CT molecular complexity index is 1080. The monoisotopic (exact) mass is 443 g/mol. The van der Waals surface area contributed by atoms with E-state index in [1.807, 2.05) is 42.0 Å². The predicted octanol–water partition coefficient (Wildman–Crippen LogP) is 3.98. The van der Waals surface area contributed by atoms with Crippen molar-refractivity contribution < 1.29 is 13.2 Å². The normalized spacial score (nSPS) is 11.5. The molecule has 0 atom stereocenters.